The highest BCUT2D eigenvalue weighted by atomic mass is 35.5. The Kier molecular flexibility index (Phi) is 3.40. The number of hydrogen-bond acceptors (Lipinski definition) is 3. The van der Waals surface area contributed by atoms with Gasteiger partial charge in [0, 0.05) is 17.3 Å². The summed E-state index contributed by atoms with van der Waals surface area (Å²) in [4.78, 5) is 24.8. The van der Waals surface area contributed by atoms with Gasteiger partial charge in [-0.2, -0.15) is 5.26 Å². The SMILES string of the molecule is N#Cc1c2n(c(=O)n(Cc3cccc(Cl)c3)c1=O)CCC2. The number of aromatic nitrogens is 2. The first-order valence-electron chi connectivity index (χ1n) is 6.63. The van der Waals surface area contributed by atoms with E-state index in [1.807, 2.05) is 6.07 Å². The highest BCUT2D eigenvalue weighted by Crippen LogP contribution is 2.14. The number of fused-ring (bicyclic) bond motifs is 1. The molecule has 0 saturated heterocycles. The second-order valence-corrected chi connectivity index (χ2v) is 5.43. The zero-order valence-corrected chi connectivity index (χ0v) is 11.9. The van der Waals surface area contributed by atoms with Gasteiger partial charge >= 0.3 is 5.69 Å². The van der Waals surface area contributed by atoms with Gasteiger partial charge in [-0.25, -0.2) is 4.79 Å². The molecule has 0 radical (unpaired) electrons. The molecule has 106 valence electrons. The molecule has 0 unspecified atom stereocenters. The summed E-state index contributed by atoms with van der Waals surface area (Å²) in [6, 6.07) is 8.93. The van der Waals surface area contributed by atoms with Crippen molar-refractivity contribution in [3.05, 3.63) is 66.9 Å². The second kappa shape index (κ2) is 5.23. The molecular weight excluding hydrogens is 290 g/mol. The van der Waals surface area contributed by atoms with Gasteiger partial charge in [-0.15, -0.1) is 0 Å². The van der Waals surface area contributed by atoms with Crippen molar-refractivity contribution < 1.29 is 0 Å². The van der Waals surface area contributed by atoms with Gasteiger partial charge in [0.15, 0.2) is 0 Å². The van der Waals surface area contributed by atoms with Crippen LogP contribution in [0.5, 0.6) is 0 Å². The zero-order chi connectivity index (χ0) is 15.0. The van der Waals surface area contributed by atoms with Crippen LogP contribution in [-0.4, -0.2) is 9.13 Å². The molecule has 21 heavy (non-hydrogen) atoms. The highest BCUT2D eigenvalue weighted by molar-refractivity contribution is 6.30. The summed E-state index contributed by atoms with van der Waals surface area (Å²) >= 11 is 5.92. The van der Waals surface area contributed by atoms with Gasteiger partial charge in [0.2, 0.25) is 0 Å². The third-order valence-electron chi connectivity index (χ3n) is 3.67. The van der Waals surface area contributed by atoms with Crippen LogP contribution in [0.3, 0.4) is 0 Å². The molecule has 2 aromatic rings. The first-order valence-corrected chi connectivity index (χ1v) is 7.00. The summed E-state index contributed by atoms with van der Waals surface area (Å²) in [5.41, 5.74) is 0.523. The van der Waals surface area contributed by atoms with E-state index in [0.29, 0.717) is 23.7 Å². The average molecular weight is 302 g/mol. The molecule has 5 nitrogen and oxygen atoms in total. The maximum absolute atomic E-state index is 12.4. The van der Waals surface area contributed by atoms with E-state index in [2.05, 4.69) is 0 Å². The smallest absolute Gasteiger partial charge is 0.296 e. The van der Waals surface area contributed by atoms with E-state index >= 15 is 0 Å². The van der Waals surface area contributed by atoms with Crippen LogP contribution in [0.2, 0.25) is 5.02 Å². The Bertz CT molecular complexity index is 874. The maximum Gasteiger partial charge on any atom is 0.331 e. The number of halogens is 1. The van der Waals surface area contributed by atoms with E-state index in [-0.39, 0.29) is 17.8 Å². The average Bonchev–Trinajstić information content (AvgIpc) is 2.93. The minimum atomic E-state index is -0.518. The quantitative estimate of drug-likeness (QED) is 0.845. The second-order valence-electron chi connectivity index (χ2n) is 4.99. The van der Waals surface area contributed by atoms with Gasteiger partial charge < -0.3 is 0 Å². The Balaban J connectivity index is 2.18. The monoisotopic (exact) mass is 301 g/mol. The van der Waals surface area contributed by atoms with Crippen LogP contribution in [0.25, 0.3) is 0 Å². The van der Waals surface area contributed by atoms with Crippen molar-refractivity contribution in [2.24, 2.45) is 0 Å². The fourth-order valence-corrected chi connectivity index (χ4v) is 2.92. The lowest BCUT2D eigenvalue weighted by Gasteiger charge is -2.11. The Morgan fingerprint density at radius 2 is 2.14 bits per heavy atom. The molecule has 0 amide bonds. The van der Waals surface area contributed by atoms with Gasteiger partial charge in [-0.1, -0.05) is 23.7 Å². The third-order valence-corrected chi connectivity index (χ3v) is 3.91. The Hall–Kier alpha value is -2.32. The molecule has 1 aliphatic rings. The summed E-state index contributed by atoms with van der Waals surface area (Å²) in [5.74, 6) is 0. The molecule has 0 saturated carbocycles. The minimum absolute atomic E-state index is 0.0779. The Morgan fingerprint density at radius 3 is 2.86 bits per heavy atom. The van der Waals surface area contributed by atoms with E-state index in [0.717, 1.165) is 16.6 Å². The molecule has 0 bridgehead atoms. The topological polar surface area (TPSA) is 67.8 Å². The summed E-state index contributed by atoms with van der Waals surface area (Å²) in [6.45, 7) is 0.672. The predicted molar refractivity (Wildman–Crippen MR) is 78.6 cm³/mol. The van der Waals surface area contributed by atoms with E-state index in [1.165, 1.54) is 4.57 Å². The lowest BCUT2D eigenvalue weighted by molar-refractivity contribution is 0.602. The standard InChI is InChI=1S/C15H12ClN3O2/c16-11-4-1-3-10(7-11)9-19-14(20)12(8-17)13-5-2-6-18(13)15(19)21/h1,3-4,7H,2,5-6,9H2. The third kappa shape index (κ3) is 2.28. The molecule has 0 fully saturated rings. The molecule has 0 aliphatic carbocycles. The number of benzene rings is 1. The largest absolute Gasteiger partial charge is 0.331 e. The van der Waals surface area contributed by atoms with Crippen LogP contribution in [0.15, 0.2) is 33.9 Å². The van der Waals surface area contributed by atoms with Crippen molar-refractivity contribution in [1.29, 1.82) is 5.26 Å². The van der Waals surface area contributed by atoms with Crippen LogP contribution in [0.1, 0.15) is 23.2 Å². The fourth-order valence-electron chi connectivity index (χ4n) is 2.71. The lowest BCUT2D eigenvalue weighted by Crippen LogP contribution is -2.41. The molecular formula is C15H12ClN3O2. The number of nitriles is 1. The number of rotatable bonds is 2. The number of hydrogen-bond donors (Lipinski definition) is 0. The highest BCUT2D eigenvalue weighted by Gasteiger charge is 2.22. The van der Waals surface area contributed by atoms with Crippen LogP contribution in [0, 0.1) is 11.3 Å². The van der Waals surface area contributed by atoms with Crippen molar-refractivity contribution in [3.8, 4) is 6.07 Å². The molecule has 1 aromatic heterocycles. The molecule has 2 heterocycles. The maximum atomic E-state index is 12.4. The number of nitrogens with zero attached hydrogens (tertiary/aromatic N) is 3. The van der Waals surface area contributed by atoms with Crippen molar-refractivity contribution >= 4 is 11.6 Å². The van der Waals surface area contributed by atoms with Gasteiger partial charge in [-0.3, -0.25) is 13.9 Å². The molecule has 1 aromatic carbocycles. The predicted octanol–water partition coefficient (Wildman–Crippen LogP) is 1.53. The first kappa shape index (κ1) is 13.7. The van der Waals surface area contributed by atoms with Crippen molar-refractivity contribution in [3.63, 3.8) is 0 Å². The van der Waals surface area contributed by atoms with Gasteiger partial charge in [0.05, 0.1) is 6.54 Å². The summed E-state index contributed by atoms with van der Waals surface area (Å²) in [7, 11) is 0. The normalized spacial score (nSPS) is 13.0. The molecule has 0 N–H and O–H groups in total. The van der Waals surface area contributed by atoms with Gasteiger partial charge in [0.25, 0.3) is 5.56 Å². The summed E-state index contributed by atoms with van der Waals surface area (Å²) < 4.78 is 2.64. The molecule has 0 atom stereocenters. The molecule has 1 aliphatic heterocycles. The van der Waals surface area contributed by atoms with E-state index < -0.39 is 5.56 Å². The Labute approximate surface area is 125 Å². The van der Waals surface area contributed by atoms with Gasteiger partial charge in [0.1, 0.15) is 11.6 Å². The van der Waals surface area contributed by atoms with Crippen LogP contribution < -0.4 is 11.2 Å². The molecule has 3 rings (SSSR count). The lowest BCUT2D eigenvalue weighted by atomic mass is 10.2. The summed E-state index contributed by atoms with van der Waals surface area (Å²) in [6.07, 6.45) is 1.38. The van der Waals surface area contributed by atoms with E-state index in [1.54, 1.807) is 24.3 Å². The van der Waals surface area contributed by atoms with Crippen molar-refractivity contribution in [2.75, 3.05) is 0 Å². The van der Waals surface area contributed by atoms with Crippen LogP contribution in [0.4, 0.5) is 0 Å². The van der Waals surface area contributed by atoms with Crippen LogP contribution >= 0.6 is 11.6 Å². The molecule has 0 spiro atoms. The minimum Gasteiger partial charge on any atom is -0.296 e. The van der Waals surface area contributed by atoms with Crippen molar-refractivity contribution in [1.82, 2.24) is 9.13 Å². The van der Waals surface area contributed by atoms with Crippen molar-refractivity contribution in [2.45, 2.75) is 25.9 Å². The molecule has 6 heteroatoms. The fraction of sp³-hybridized carbons (Fsp3) is 0.267. The van der Waals surface area contributed by atoms with E-state index in [9.17, 15) is 14.9 Å². The first-order chi connectivity index (χ1) is 10.1. The summed E-state index contributed by atoms with van der Waals surface area (Å²) in [5, 5.41) is 9.75. The Morgan fingerprint density at radius 1 is 1.33 bits per heavy atom. The van der Waals surface area contributed by atoms with Gasteiger partial charge in [-0.05, 0) is 30.5 Å². The van der Waals surface area contributed by atoms with Crippen LogP contribution in [-0.2, 0) is 19.5 Å². The zero-order valence-electron chi connectivity index (χ0n) is 11.2. The van der Waals surface area contributed by atoms with E-state index in [4.69, 9.17) is 11.6 Å².